The van der Waals surface area contributed by atoms with Gasteiger partial charge < -0.3 is 15.3 Å². The number of hydroxylamine groups is 2. The largest absolute Gasteiger partial charge is 0.463 e. The van der Waals surface area contributed by atoms with Crippen molar-refractivity contribution in [3.8, 4) is 0 Å². The predicted molar refractivity (Wildman–Crippen MR) is 98.2 cm³/mol. The van der Waals surface area contributed by atoms with Crippen LogP contribution in [0.3, 0.4) is 0 Å². The van der Waals surface area contributed by atoms with Crippen LogP contribution in [0.1, 0.15) is 48.0 Å². The topological polar surface area (TPSA) is 93.1 Å². The molecule has 144 valence electrons. The molecule has 1 aromatic rings. The Kier molecular flexibility index (Phi) is 7.87. The molecule has 1 atom stereocenters. The summed E-state index contributed by atoms with van der Waals surface area (Å²) in [4.78, 5) is 25.2. The maximum atomic E-state index is 12.7. The molecule has 7 heteroatoms. The molecule has 1 aliphatic rings. The first-order chi connectivity index (χ1) is 12.5. The number of nitrogens with zero attached hydrogens (tertiary/aromatic N) is 2. The van der Waals surface area contributed by atoms with E-state index in [-0.39, 0.29) is 12.5 Å². The highest BCUT2D eigenvalue weighted by molar-refractivity contribution is 5.94. The van der Waals surface area contributed by atoms with Gasteiger partial charge in [-0.2, -0.15) is 5.06 Å². The first-order valence-electron chi connectivity index (χ1n) is 9.23. The minimum Gasteiger partial charge on any atom is -0.463 e. The molecule has 0 aliphatic carbocycles. The molecule has 0 bridgehead atoms. The van der Waals surface area contributed by atoms with E-state index in [4.69, 9.17) is 10.3 Å². The molecule has 0 aromatic heterocycles. The van der Waals surface area contributed by atoms with Crippen LogP contribution >= 0.6 is 0 Å². The number of carboxylic acid groups (broad SMARTS) is 1. The lowest BCUT2D eigenvalue weighted by Gasteiger charge is -2.33. The second-order valence-corrected chi connectivity index (χ2v) is 6.89. The molecule has 3 N–H and O–H groups in total. The first-order valence-corrected chi connectivity index (χ1v) is 9.23. The number of carbonyl (C=O) groups excluding carboxylic acids is 1. The van der Waals surface area contributed by atoms with Gasteiger partial charge in [-0.25, -0.2) is 4.79 Å². The molecular weight excluding hydrogens is 334 g/mol. The quantitative estimate of drug-likeness (QED) is 0.375. The van der Waals surface area contributed by atoms with Crippen LogP contribution in [0.2, 0.25) is 0 Å². The normalized spacial score (nSPS) is 17.2. The second kappa shape index (κ2) is 10.1. The van der Waals surface area contributed by atoms with Gasteiger partial charge in [-0.05, 0) is 56.3 Å². The lowest BCUT2D eigenvalue weighted by Crippen LogP contribution is -2.40. The molecule has 1 heterocycles. The highest BCUT2D eigenvalue weighted by Gasteiger charge is 2.24. The van der Waals surface area contributed by atoms with Gasteiger partial charge in [-0.1, -0.05) is 18.6 Å². The van der Waals surface area contributed by atoms with Crippen molar-refractivity contribution in [1.29, 1.82) is 0 Å². The Morgan fingerprint density at radius 1 is 1.27 bits per heavy atom. The predicted octanol–water partition coefficient (Wildman–Crippen LogP) is 2.80. The van der Waals surface area contributed by atoms with Crippen molar-refractivity contribution in [3.63, 3.8) is 0 Å². The van der Waals surface area contributed by atoms with Gasteiger partial charge in [0, 0.05) is 25.2 Å². The van der Waals surface area contributed by atoms with Crippen LogP contribution in [0.25, 0.3) is 0 Å². The highest BCUT2D eigenvalue weighted by Crippen LogP contribution is 2.23. The number of amides is 2. The van der Waals surface area contributed by atoms with Crippen molar-refractivity contribution in [2.45, 2.75) is 38.6 Å². The van der Waals surface area contributed by atoms with Gasteiger partial charge in [0.2, 0.25) is 0 Å². The average Bonchev–Trinajstić information content (AvgIpc) is 2.65. The van der Waals surface area contributed by atoms with Crippen LogP contribution in [0.5, 0.6) is 0 Å². The molecule has 1 fully saturated rings. The third-order valence-corrected chi connectivity index (χ3v) is 4.84. The standard InChI is InChI=1S/C19H29N3O4/c1-20-13-15-7-9-17(10-8-15)18(23)21-11-4-6-16(14-21)5-2-3-12-22(26)19(24)25/h7-10,16,20,26H,2-6,11-14H2,1H3,(H,24,25). The number of likely N-dealkylation sites (tertiary alicyclic amines) is 1. The van der Waals surface area contributed by atoms with Crippen LogP contribution in [-0.2, 0) is 6.54 Å². The van der Waals surface area contributed by atoms with Crippen molar-refractivity contribution in [2.24, 2.45) is 5.92 Å². The SMILES string of the molecule is CNCc1ccc(C(=O)N2CCCC(CCCCN(O)C(=O)O)C2)cc1. The van der Waals surface area contributed by atoms with Crippen molar-refractivity contribution in [1.82, 2.24) is 15.3 Å². The number of benzene rings is 1. The van der Waals surface area contributed by atoms with Crippen molar-refractivity contribution < 1.29 is 19.9 Å². The Hall–Kier alpha value is -2.12. The van der Waals surface area contributed by atoms with Crippen molar-refractivity contribution in [2.75, 3.05) is 26.7 Å². The molecule has 1 aliphatic heterocycles. The fourth-order valence-electron chi connectivity index (χ4n) is 3.43. The molecule has 26 heavy (non-hydrogen) atoms. The van der Waals surface area contributed by atoms with E-state index in [9.17, 15) is 9.59 Å². The molecule has 2 amide bonds. The van der Waals surface area contributed by atoms with Crippen LogP contribution < -0.4 is 5.32 Å². The highest BCUT2D eigenvalue weighted by atomic mass is 16.6. The Morgan fingerprint density at radius 3 is 2.65 bits per heavy atom. The monoisotopic (exact) mass is 363 g/mol. The van der Waals surface area contributed by atoms with E-state index < -0.39 is 6.09 Å². The van der Waals surface area contributed by atoms with Crippen LogP contribution in [-0.4, -0.2) is 59.0 Å². The molecule has 0 radical (unpaired) electrons. The zero-order chi connectivity index (χ0) is 18.9. The smallest absolute Gasteiger partial charge is 0.431 e. The number of carbonyl (C=O) groups is 2. The van der Waals surface area contributed by atoms with Crippen molar-refractivity contribution >= 4 is 12.0 Å². The Bertz CT molecular complexity index is 591. The number of hydrogen-bond donors (Lipinski definition) is 3. The molecular formula is C19H29N3O4. The number of nitrogens with one attached hydrogen (secondary N) is 1. The summed E-state index contributed by atoms with van der Waals surface area (Å²) in [7, 11) is 1.90. The summed E-state index contributed by atoms with van der Waals surface area (Å²) in [6.45, 7) is 2.45. The number of rotatable bonds is 8. The molecule has 0 spiro atoms. The zero-order valence-corrected chi connectivity index (χ0v) is 15.4. The first kappa shape index (κ1) is 20.2. The lowest BCUT2D eigenvalue weighted by atomic mass is 9.92. The maximum Gasteiger partial charge on any atom is 0.431 e. The van der Waals surface area contributed by atoms with Gasteiger partial charge in [-0.15, -0.1) is 0 Å². The molecule has 1 saturated heterocycles. The lowest BCUT2D eigenvalue weighted by molar-refractivity contribution is -0.0646. The number of piperidine rings is 1. The van der Waals surface area contributed by atoms with Gasteiger partial charge in [0.25, 0.3) is 5.91 Å². The third kappa shape index (κ3) is 6.00. The van der Waals surface area contributed by atoms with Gasteiger partial charge in [0.1, 0.15) is 0 Å². The third-order valence-electron chi connectivity index (χ3n) is 4.84. The molecule has 7 nitrogen and oxygen atoms in total. The Balaban J connectivity index is 1.79. The summed E-state index contributed by atoms with van der Waals surface area (Å²) in [5.41, 5.74) is 1.88. The van der Waals surface area contributed by atoms with E-state index in [1.807, 2.05) is 36.2 Å². The average molecular weight is 363 g/mol. The Morgan fingerprint density at radius 2 is 2.00 bits per heavy atom. The molecule has 1 aromatic carbocycles. The number of unbranched alkanes of at least 4 members (excludes halogenated alkanes) is 1. The van der Waals surface area contributed by atoms with Gasteiger partial charge in [0.05, 0.1) is 6.54 Å². The van der Waals surface area contributed by atoms with E-state index in [0.717, 1.165) is 56.4 Å². The summed E-state index contributed by atoms with van der Waals surface area (Å²) in [5.74, 6) is 0.520. The summed E-state index contributed by atoms with van der Waals surface area (Å²) >= 11 is 0. The van der Waals surface area contributed by atoms with Gasteiger partial charge >= 0.3 is 6.09 Å². The van der Waals surface area contributed by atoms with Crippen molar-refractivity contribution in [3.05, 3.63) is 35.4 Å². The van der Waals surface area contributed by atoms with E-state index >= 15 is 0 Å². The summed E-state index contributed by atoms with van der Waals surface area (Å²) in [6.07, 6.45) is 3.18. The molecule has 0 saturated carbocycles. The zero-order valence-electron chi connectivity index (χ0n) is 15.4. The second-order valence-electron chi connectivity index (χ2n) is 6.89. The Labute approximate surface area is 154 Å². The van der Waals surface area contributed by atoms with Gasteiger partial charge in [0.15, 0.2) is 0 Å². The fraction of sp³-hybridized carbons (Fsp3) is 0.579. The summed E-state index contributed by atoms with van der Waals surface area (Å²) in [6, 6.07) is 7.74. The van der Waals surface area contributed by atoms with Gasteiger partial charge in [-0.3, -0.25) is 10.0 Å². The molecule has 2 rings (SSSR count). The van der Waals surface area contributed by atoms with E-state index in [0.29, 0.717) is 17.4 Å². The van der Waals surface area contributed by atoms with E-state index in [1.54, 1.807) is 0 Å². The summed E-state index contributed by atoms with van der Waals surface area (Å²) < 4.78 is 0. The maximum absolute atomic E-state index is 12.7. The van der Waals surface area contributed by atoms with E-state index in [2.05, 4.69) is 5.32 Å². The molecule has 1 unspecified atom stereocenters. The fourth-order valence-corrected chi connectivity index (χ4v) is 3.43. The van der Waals surface area contributed by atoms with Crippen LogP contribution in [0, 0.1) is 5.92 Å². The minimum absolute atomic E-state index is 0.0816. The summed E-state index contributed by atoms with van der Waals surface area (Å²) in [5, 5.41) is 21.2. The minimum atomic E-state index is -1.32. The van der Waals surface area contributed by atoms with Crippen LogP contribution in [0.4, 0.5) is 4.79 Å². The van der Waals surface area contributed by atoms with Crippen LogP contribution in [0.15, 0.2) is 24.3 Å². The number of hydrogen-bond acceptors (Lipinski definition) is 4. The van der Waals surface area contributed by atoms with E-state index in [1.165, 1.54) is 0 Å².